The van der Waals surface area contributed by atoms with Crippen molar-refractivity contribution in [2.45, 2.75) is 37.5 Å². The second-order valence-electron chi connectivity index (χ2n) is 4.92. The van der Waals surface area contributed by atoms with Crippen molar-refractivity contribution in [3.63, 3.8) is 0 Å². The number of nitrogens with two attached hydrogens (primary N) is 1. The van der Waals surface area contributed by atoms with Crippen LogP contribution in [0.4, 0.5) is 0 Å². The molecule has 0 aliphatic rings. The highest BCUT2D eigenvalue weighted by Crippen LogP contribution is 2.23. The monoisotopic (exact) mass is 277 g/mol. The van der Waals surface area contributed by atoms with Crippen LogP contribution in [0.1, 0.15) is 37.2 Å². The molecule has 0 bridgehead atoms. The third-order valence-corrected chi connectivity index (χ3v) is 3.83. The molecule has 2 N–H and O–H groups in total. The van der Waals surface area contributed by atoms with Gasteiger partial charge in [-0.15, -0.1) is 11.8 Å². The Morgan fingerprint density at radius 3 is 2.84 bits per heavy atom. The molecule has 1 heterocycles. The number of benzene rings is 1. The van der Waals surface area contributed by atoms with Crippen LogP contribution >= 0.6 is 11.8 Å². The largest absolute Gasteiger partial charge is 0.338 e. The minimum Gasteiger partial charge on any atom is -0.338 e. The minimum absolute atomic E-state index is 0.190. The Kier molecular flexibility index (Phi) is 4.61. The van der Waals surface area contributed by atoms with Crippen molar-refractivity contribution in [2.24, 2.45) is 11.7 Å². The van der Waals surface area contributed by atoms with Gasteiger partial charge >= 0.3 is 0 Å². The van der Waals surface area contributed by atoms with Crippen molar-refractivity contribution in [1.29, 1.82) is 0 Å². The molecule has 2 rings (SSSR count). The van der Waals surface area contributed by atoms with Gasteiger partial charge in [-0.3, -0.25) is 0 Å². The zero-order chi connectivity index (χ0) is 13.8. The molecule has 0 aliphatic carbocycles. The quantitative estimate of drug-likeness (QED) is 0.849. The summed E-state index contributed by atoms with van der Waals surface area (Å²) in [4.78, 5) is 5.55. The summed E-state index contributed by atoms with van der Waals surface area (Å²) in [5.74, 6) is 2.20. The summed E-state index contributed by atoms with van der Waals surface area (Å²) in [5, 5.41) is 3.97. The molecule has 1 atom stereocenters. The molecule has 0 fully saturated rings. The smallest absolute Gasteiger partial charge is 0.243 e. The Labute approximate surface area is 117 Å². The third-order valence-electron chi connectivity index (χ3n) is 2.84. The van der Waals surface area contributed by atoms with Gasteiger partial charge in [-0.05, 0) is 25.0 Å². The summed E-state index contributed by atoms with van der Waals surface area (Å²) >= 11 is 1.70. The highest BCUT2D eigenvalue weighted by molar-refractivity contribution is 7.98. The van der Waals surface area contributed by atoms with E-state index in [0.717, 1.165) is 0 Å². The van der Waals surface area contributed by atoms with E-state index < -0.39 is 0 Å². The molecule has 102 valence electrons. The molecule has 4 nitrogen and oxygen atoms in total. The lowest BCUT2D eigenvalue weighted by Gasteiger charge is -2.09. The predicted molar refractivity (Wildman–Crippen MR) is 76.8 cm³/mol. The van der Waals surface area contributed by atoms with Crippen molar-refractivity contribution < 1.29 is 4.52 Å². The van der Waals surface area contributed by atoms with Crippen molar-refractivity contribution in [3.8, 4) is 0 Å². The van der Waals surface area contributed by atoms with Crippen LogP contribution in [0, 0.1) is 12.8 Å². The van der Waals surface area contributed by atoms with Crippen LogP contribution in [0.2, 0.25) is 0 Å². The highest BCUT2D eigenvalue weighted by Gasteiger charge is 2.17. The molecular weight excluding hydrogens is 258 g/mol. The lowest BCUT2D eigenvalue weighted by molar-refractivity contribution is 0.323. The molecular formula is C14H19N3OS. The van der Waals surface area contributed by atoms with Crippen LogP contribution < -0.4 is 5.73 Å². The molecule has 0 aliphatic heterocycles. The SMILES string of the molecule is Cc1cccc(SCc2noc([C@@H](N)C(C)C)n2)c1. The molecule has 0 radical (unpaired) electrons. The van der Waals surface area contributed by atoms with E-state index in [1.165, 1.54) is 10.5 Å². The molecule has 0 saturated heterocycles. The van der Waals surface area contributed by atoms with Crippen molar-refractivity contribution in [1.82, 2.24) is 10.1 Å². The van der Waals surface area contributed by atoms with Gasteiger partial charge in [0.15, 0.2) is 5.82 Å². The van der Waals surface area contributed by atoms with Gasteiger partial charge in [0.2, 0.25) is 5.89 Å². The van der Waals surface area contributed by atoms with E-state index in [0.29, 0.717) is 17.5 Å². The lowest BCUT2D eigenvalue weighted by Crippen LogP contribution is -2.17. The third kappa shape index (κ3) is 3.81. The number of nitrogens with zero attached hydrogens (tertiary/aromatic N) is 2. The van der Waals surface area contributed by atoms with E-state index in [4.69, 9.17) is 10.3 Å². The van der Waals surface area contributed by atoms with Gasteiger partial charge in [0, 0.05) is 4.90 Å². The fourth-order valence-electron chi connectivity index (χ4n) is 1.60. The number of rotatable bonds is 5. The average molecular weight is 277 g/mol. The van der Waals surface area contributed by atoms with Gasteiger partial charge in [-0.2, -0.15) is 4.98 Å². The van der Waals surface area contributed by atoms with Gasteiger partial charge in [-0.1, -0.05) is 36.7 Å². The Hall–Kier alpha value is -1.33. The van der Waals surface area contributed by atoms with Gasteiger partial charge in [0.1, 0.15) is 0 Å². The highest BCUT2D eigenvalue weighted by atomic mass is 32.2. The van der Waals surface area contributed by atoms with E-state index in [1.807, 2.05) is 19.9 Å². The first kappa shape index (κ1) is 14.1. The molecule has 0 spiro atoms. The van der Waals surface area contributed by atoms with Crippen LogP contribution in [-0.2, 0) is 5.75 Å². The summed E-state index contributed by atoms with van der Waals surface area (Å²) in [6.45, 7) is 6.16. The van der Waals surface area contributed by atoms with E-state index in [9.17, 15) is 0 Å². The first-order chi connectivity index (χ1) is 9.06. The normalized spacial score (nSPS) is 12.9. The predicted octanol–water partition coefficient (Wildman–Crippen LogP) is 3.33. The molecule has 0 saturated carbocycles. The van der Waals surface area contributed by atoms with Crippen LogP contribution in [0.3, 0.4) is 0 Å². The minimum atomic E-state index is -0.190. The van der Waals surface area contributed by atoms with Gasteiger partial charge < -0.3 is 10.3 Å². The Morgan fingerprint density at radius 2 is 2.16 bits per heavy atom. The second kappa shape index (κ2) is 6.21. The maximum Gasteiger partial charge on any atom is 0.243 e. The number of hydrogen-bond donors (Lipinski definition) is 1. The van der Waals surface area contributed by atoms with Crippen LogP contribution in [0.15, 0.2) is 33.7 Å². The summed E-state index contributed by atoms with van der Waals surface area (Å²) in [7, 11) is 0. The molecule has 0 unspecified atom stereocenters. The topological polar surface area (TPSA) is 64.9 Å². The summed E-state index contributed by atoms with van der Waals surface area (Å²) in [6.07, 6.45) is 0. The van der Waals surface area contributed by atoms with E-state index in [1.54, 1.807) is 11.8 Å². The van der Waals surface area contributed by atoms with E-state index in [2.05, 4.69) is 35.3 Å². The van der Waals surface area contributed by atoms with E-state index in [-0.39, 0.29) is 12.0 Å². The Morgan fingerprint density at radius 1 is 1.37 bits per heavy atom. The number of hydrogen-bond acceptors (Lipinski definition) is 5. The summed E-state index contributed by atoms with van der Waals surface area (Å²) in [6, 6.07) is 8.17. The summed E-state index contributed by atoms with van der Waals surface area (Å²) < 4.78 is 5.20. The maximum atomic E-state index is 5.98. The van der Waals surface area contributed by atoms with Crippen molar-refractivity contribution in [2.75, 3.05) is 0 Å². The first-order valence-corrected chi connectivity index (χ1v) is 7.32. The molecule has 5 heteroatoms. The van der Waals surface area contributed by atoms with Crippen LogP contribution in [0.25, 0.3) is 0 Å². The maximum absolute atomic E-state index is 5.98. The standard InChI is InChI=1S/C14H19N3OS/c1-9(2)13(15)14-16-12(17-18-14)8-19-11-6-4-5-10(3)7-11/h4-7,9,13H,8,15H2,1-3H3/t13-/m0/s1. The average Bonchev–Trinajstić information content (AvgIpc) is 2.84. The lowest BCUT2D eigenvalue weighted by atomic mass is 10.1. The Balaban J connectivity index is 1.97. The molecule has 1 aromatic heterocycles. The Bertz CT molecular complexity index is 539. The van der Waals surface area contributed by atoms with Crippen LogP contribution in [0.5, 0.6) is 0 Å². The van der Waals surface area contributed by atoms with Crippen molar-refractivity contribution >= 4 is 11.8 Å². The molecule has 1 aromatic carbocycles. The van der Waals surface area contributed by atoms with E-state index >= 15 is 0 Å². The number of aryl methyl sites for hydroxylation is 1. The van der Waals surface area contributed by atoms with Crippen LogP contribution in [-0.4, -0.2) is 10.1 Å². The molecule has 0 amide bonds. The van der Waals surface area contributed by atoms with Crippen molar-refractivity contribution in [3.05, 3.63) is 41.5 Å². The fraction of sp³-hybridized carbons (Fsp3) is 0.429. The number of aromatic nitrogens is 2. The van der Waals surface area contributed by atoms with Gasteiger partial charge in [-0.25, -0.2) is 0 Å². The second-order valence-corrected chi connectivity index (χ2v) is 5.97. The fourth-order valence-corrected chi connectivity index (χ4v) is 2.46. The zero-order valence-corrected chi connectivity index (χ0v) is 12.3. The summed E-state index contributed by atoms with van der Waals surface area (Å²) in [5.41, 5.74) is 7.23. The molecule has 19 heavy (non-hydrogen) atoms. The molecule has 2 aromatic rings. The number of thioether (sulfide) groups is 1. The zero-order valence-electron chi connectivity index (χ0n) is 11.5. The van der Waals surface area contributed by atoms with Gasteiger partial charge in [0.05, 0.1) is 11.8 Å². The van der Waals surface area contributed by atoms with Gasteiger partial charge in [0.25, 0.3) is 0 Å². The first-order valence-electron chi connectivity index (χ1n) is 6.34.